The zero-order chi connectivity index (χ0) is 40.8. The molecular weight excluding hydrogens is 697 g/mol. The highest BCUT2D eigenvalue weighted by molar-refractivity contribution is 5.71. The fraction of sp³-hybridized carbons (Fsp3) is 0.700. The molecule has 0 radical (unpaired) electrons. The van der Waals surface area contributed by atoms with Gasteiger partial charge < -0.3 is 14.2 Å². The molecular formula is C50H84O6. The van der Waals surface area contributed by atoms with Crippen molar-refractivity contribution in [2.45, 2.75) is 213 Å². The highest BCUT2D eigenvalue weighted by atomic mass is 16.6. The second-order valence-electron chi connectivity index (χ2n) is 14.9. The minimum absolute atomic E-state index is 0.114. The molecule has 0 aromatic carbocycles. The van der Waals surface area contributed by atoms with Crippen LogP contribution < -0.4 is 0 Å². The summed E-state index contributed by atoms with van der Waals surface area (Å²) in [5.41, 5.74) is 0. The molecule has 0 saturated heterocycles. The van der Waals surface area contributed by atoms with Crippen molar-refractivity contribution in [1.82, 2.24) is 0 Å². The molecule has 320 valence electrons. The molecule has 56 heavy (non-hydrogen) atoms. The highest BCUT2D eigenvalue weighted by Gasteiger charge is 2.19. The Labute approximate surface area is 344 Å². The third kappa shape index (κ3) is 42.0. The smallest absolute Gasteiger partial charge is 0.306 e. The molecule has 0 amide bonds. The van der Waals surface area contributed by atoms with E-state index < -0.39 is 12.1 Å². The molecule has 0 aromatic rings. The zero-order valence-electron chi connectivity index (χ0n) is 36.4. The third-order valence-electron chi connectivity index (χ3n) is 9.43. The molecule has 0 aliphatic carbocycles. The van der Waals surface area contributed by atoms with Crippen molar-refractivity contribution in [3.63, 3.8) is 0 Å². The summed E-state index contributed by atoms with van der Waals surface area (Å²) in [6.45, 7) is 6.37. The molecule has 0 aromatic heterocycles. The fourth-order valence-corrected chi connectivity index (χ4v) is 5.98. The molecule has 6 heteroatoms. The molecule has 0 aliphatic rings. The Morgan fingerprint density at radius 2 is 0.750 bits per heavy atom. The van der Waals surface area contributed by atoms with Gasteiger partial charge in [0.2, 0.25) is 0 Å². The number of allylic oxidation sites excluding steroid dienone is 12. The maximum atomic E-state index is 12.7. The molecule has 0 saturated carbocycles. The van der Waals surface area contributed by atoms with Gasteiger partial charge in [0.1, 0.15) is 13.2 Å². The Morgan fingerprint density at radius 1 is 0.375 bits per heavy atom. The lowest BCUT2D eigenvalue weighted by Gasteiger charge is -2.18. The molecule has 0 bridgehead atoms. The van der Waals surface area contributed by atoms with Crippen molar-refractivity contribution in [2.75, 3.05) is 13.2 Å². The van der Waals surface area contributed by atoms with Crippen LogP contribution in [0.1, 0.15) is 207 Å². The van der Waals surface area contributed by atoms with Crippen molar-refractivity contribution in [1.29, 1.82) is 0 Å². The van der Waals surface area contributed by atoms with Crippen LogP contribution in [0.3, 0.4) is 0 Å². The van der Waals surface area contributed by atoms with E-state index in [-0.39, 0.29) is 31.6 Å². The van der Waals surface area contributed by atoms with E-state index in [2.05, 4.69) is 87.6 Å². The topological polar surface area (TPSA) is 78.9 Å². The minimum atomic E-state index is -0.819. The zero-order valence-corrected chi connectivity index (χ0v) is 36.4. The van der Waals surface area contributed by atoms with Gasteiger partial charge in [-0.1, -0.05) is 171 Å². The summed E-state index contributed by atoms with van der Waals surface area (Å²) in [7, 11) is 0. The highest BCUT2D eigenvalue weighted by Crippen LogP contribution is 2.12. The van der Waals surface area contributed by atoms with Crippen LogP contribution in [0.15, 0.2) is 72.9 Å². The molecule has 0 N–H and O–H groups in total. The van der Waals surface area contributed by atoms with Gasteiger partial charge in [-0.3, -0.25) is 14.4 Å². The number of hydrogen-bond donors (Lipinski definition) is 0. The van der Waals surface area contributed by atoms with Crippen LogP contribution in [0.2, 0.25) is 0 Å². The average Bonchev–Trinajstić information content (AvgIpc) is 3.19. The van der Waals surface area contributed by atoms with Gasteiger partial charge in [0.05, 0.1) is 0 Å². The summed E-state index contributed by atoms with van der Waals surface area (Å²) < 4.78 is 16.6. The van der Waals surface area contributed by atoms with Gasteiger partial charge in [0.15, 0.2) is 6.10 Å². The quantitative estimate of drug-likeness (QED) is 0.0267. The van der Waals surface area contributed by atoms with E-state index in [0.29, 0.717) is 25.7 Å². The SMILES string of the molecule is CC/C=C\C/C=C\C/C=C\CCCCCCCCC(=O)OCC(COC(=O)CCC/C=C\CCCCCC)OC(=O)CC/C=C\C/C=C\CCCCCCCC. The normalized spacial score (nSPS) is 12.7. The molecule has 0 rings (SSSR count). The number of carbonyl (C=O) groups is 3. The van der Waals surface area contributed by atoms with Crippen LogP contribution in [-0.2, 0) is 28.6 Å². The number of ether oxygens (including phenoxy) is 3. The molecule has 6 nitrogen and oxygen atoms in total. The van der Waals surface area contributed by atoms with Crippen molar-refractivity contribution < 1.29 is 28.6 Å². The first-order valence-electron chi connectivity index (χ1n) is 22.9. The predicted molar refractivity (Wildman–Crippen MR) is 238 cm³/mol. The summed E-state index contributed by atoms with van der Waals surface area (Å²) in [5.74, 6) is -1.04. The lowest BCUT2D eigenvalue weighted by molar-refractivity contribution is -0.166. The number of rotatable bonds is 40. The lowest BCUT2D eigenvalue weighted by Crippen LogP contribution is -2.30. The van der Waals surface area contributed by atoms with Crippen LogP contribution in [0.25, 0.3) is 0 Å². The third-order valence-corrected chi connectivity index (χ3v) is 9.43. The van der Waals surface area contributed by atoms with E-state index in [0.717, 1.165) is 77.0 Å². The Kier molecular flexibility index (Phi) is 42.1. The van der Waals surface area contributed by atoms with Gasteiger partial charge >= 0.3 is 17.9 Å². The monoisotopic (exact) mass is 781 g/mol. The predicted octanol–water partition coefficient (Wildman–Crippen LogP) is 14.7. The van der Waals surface area contributed by atoms with Crippen LogP contribution in [0.5, 0.6) is 0 Å². The minimum Gasteiger partial charge on any atom is -0.462 e. The largest absolute Gasteiger partial charge is 0.462 e. The molecule has 0 heterocycles. The summed E-state index contributed by atoms with van der Waals surface area (Å²) >= 11 is 0. The van der Waals surface area contributed by atoms with Crippen molar-refractivity contribution in [3.8, 4) is 0 Å². The van der Waals surface area contributed by atoms with Crippen LogP contribution in [0, 0.1) is 0 Å². The first-order valence-corrected chi connectivity index (χ1v) is 22.9. The number of esters is 3. The Bertz CT molecular complexity index is 1080. The van der Waals surface area contributed by atoms with E-state index in [4.69, 9.17) is 14.2 Å². The van der Waals surface area contributed by atoms with Gasteiger partial charge in [-0.15, -0.1) is 0 Å². The van der Waals surface area contributed by atoms with E-state index in [1.807, 2.05) is 6.08 Å². The summed E-state index contributed by atoms with van der Waals surface area (Å²) in [4.78, 5) is 37.6. The fourth-order valence-electron chi connectivity index (χ4n) is 5.98. The summed E-state index contributed by atoms with van der Waals surface area (Å²) in [5, 5.41) is 0. The van der Waals surface area contributed by atoms with E-state index in [1.165, 1.54) is 77.0 Å². The van der Waals surface area contributed by atoms with E-state index in [9.17, 15) is 14.4 Å². The maximum absolute atomic E-state index is 12.7. The van der Waals surface area contributed by atoms with Gasteiger partial charge in [-0.25, -0.2) is 0 Å². The average molecular weight is 781 g/mol. The number of carbonyl (C=O) groups excluding carboxylic acids is 3. The first-order chi connectivity index (χ1) is 27.5. The van der Waals surface area contributed by atoms with Crippen molar-refractivity contribution >= 4 is 17.9 Å². The van der Waals surface area contributed by atoms with Crippen LogP contribution in [-0.4, -0.2) is 37.2 Å². The summed E-state index contributed by atoms with van der Waals surface area (Å²) in [6.07, 6.45) is 54.8. The second kappa shape index (κ2) is 44.6. The van der Waals surface area contributed by atoms with Gasteiger partial charge in [0.25, 0.3) is 0 Å². The van der Waals surface area contributed by atoms with Crippen molar-refractivity contribution in [3.05, 3.63) is 72.9 Å². The van der Waals surface area contributed by atoms with Gasteiger partial charge in [-0.2, -0.15) is 0 Å². The number of unbranched alkanes of at least 4 members (excludes halogenated alkanes) is 17. The standard InChI is InChI=1S/C50H84O6/c1-4-7-10-13-16-19-21-23-24-25-27-28-31-34-37-40-43-49(52)55-46-47(45-54-48(51)42-39-36-33-30-18-15-12-9-6-3)56-50(53)44-41-38-35-32-29-26-22-20-17-14-11-8-5-2/h7,10,16,19,23-24,26,29-30,33,35,38,47H,4-6,8-9,11-15,17-18,20-22,25,27-28,31-32,34,36-37,39-46H2,1-3H3/b10-7-,19-16-,24-23-,29-26-,33-30-,38-35-. The number of hydrogen-bond acceptors (Lipinski definition) is 6. The first kappa shape index (κ1) is 52.9. The molecule has 0 aliphatic heterocycles. The Balaban J connectivity index is 4.47. The molecule has 0 fully saturated rings. The van der Waals surface area contributed by atoms with Gasteiger partial charge in [0, 0.05) is 19.3 Å². The van der Waals surface area contributed by atoms with Crippen molar-refractivity contribution in [2.24, 2.45) is 0 Å². The van der Waals surface area contributed by atoms with Crippen LogP contribution in [0.4, 0.5) is 0 Å². The summed E-state index contributed by atoms with van der Waals surface area (Å²) in [6, 6.07) is 0. The Morgan fingerprint density at radius 3 is 1.27 bits per heavy atom. The molecule has 1 atom stereocenters. The molecule has 0 spiro atoms. The van der Waals surface area contributed by atoms with Crippen LogP contribution >= 0.6 is 0 Å². The second-order valence-corrected chi connectivity index (χ2v) is 14.9. The van der Waals surface area contributed by atoms with Gasteiger partial charge in [-0.05, 0) is 89.9 Å². The Hall–Kier alpha value is -3.15. The maximum Gasteiger partial charge on any atom is 0.306 e. The van der Waals surface area contributed by atoms with E-state index in [1.54, 1.807) is 0 Å². The van der Waals surface area contributed by atoms with E-state index >= 15 is 0 Å². The molecule has 1 unspecified atom stereocenters. The lowest BCUT2D eigenvalue weighted by atomic mass is 10.1.